The van der Waals surface area contributed by atoms with Gasteiger partial charge in [-0.05, 0) is 39.7 Å². The molecule has 2 bridgehead atoms. The van der Waals surface area contributed by atoms with Crippen molar-refractivity contribution in [3.8, 4) is 0 Å². The molecule has 2 atom stereocenters. The lowest BCUT2D eigenvalue weighted by molar-refractivity contribution is -0.140. The smallest absolute Gasteiger partial charge is 0.249 e. The van der Waals surface area contributed by atoms with Crippen molar-refractivity contribution in [3.63, 3.8) is 0 Å². The van der Waals surface area contributed by atoms with Crippen LogP contribution in [0.3, 0.4) is 0 Å². The summed E-state index contributed by atoms with van der Waals surface area (Å²) in [7, 11) is 0. The van der Waals surface area contributed by atoms with Crippen molar-refractivity contribution in [3.05, 3.63) is 0 Å². The number of halogens is 1. The second kappa shape index (κ2) is 6.57. The molecule has 2 aliphatic rings. The molecule has 100 valence electrons. The van der Waals surface area contributed by atoms with E-state index in [-0.39, 0.29) is 31.0 Å². The lowest BCUT2D eigenvalue weighted by atomic mass is 10.1. The van der Waals surface area contributed by atoms with Crippen LogP contribution in [-0.2, 0) is 9.53 Å². The molecule has 0 aromatic carbocycles. The quantitative estimate of drug-likeness (QED) is 0.831. The average molecular weight is 263 g/mol. The molecule has 2 fully saturated rings. The van der Waals surface area contributed by atoms with Crippen LogP contribution in [0.1, 0.15) is 33.1 Å². The van der Waals surface area contributed by atoms with Crippen LogP contribution in [0.25, 0.3) is 0 Å². The Balaban J connectivity index is 0.00000144. The Hall–Kier alpha value is -0.320. The molecule has 0 aromatic heterocycles. The summed E-state index contributed by atoms with van der Waals surface area (Å²) in [6, 6.07) is 0.846. The summed E-state index contributed by atoms with van der Waals surface area (Å²) < 4.78 is 5.41. The highest BCUT2D eigenvalue weighted by Gasteiger charge is 2.37. The van der Waals surface area contributed by atoms with Crippen molar-refractivity contribution in [2.75, 3.05) is 19.7 Å². The zero-order valence-electron chi connectivity index (χ0n) is 10.6. The van der Waals surface area contributed by atoms with E-state index < -0.39 is 0 Å². The molecule has 0 radical (unpaired) electrons. The highest BCUT2D eigenvalue weighted by atomic mass is 35.5. The van der Waals surface area contributed by atoms with Crippen LogP contribution in [0.5, 0.6) is 0 Å². The van der Waals surface area contributed by atoms with E-state index in [1.807, 2.05) is 13.8 Å². The van der Waals surface area contributed by atoms with Gasteiger partial charge in [-0.1, -0.05) is 0 Å². The molecule has 17 heavy (non-hydrogen) atoms. The van der Waals surface area contributed by atoms with Crippen LogP contribution < -0.4 is 5.32 Å². The summed E-state index contributed by atoms with van der Waals surface area (Å²) in [6.45, 7) is 6.16. The topological polar surface area (TPSA) is 41.6 Å². The van der Waals surface area contributed by atoms with Gasteiger partial charge in [-0.15, -0.1) is 12.4 Å². The maximum Gasteiger partial charge on any atom is 0.249 e. The Kier molecular flexibility index (Phi) is 5.70. The van der Waals surface area contributed by atoms with Gasteiger partial charge in [-0.3, -0.25) is 4.79 Å². The molecule has 0 saturated carbocycles. The number of nitrogens with one attached hydrogen (secondary N) is 1. The zero-order valence-corrected chi connectivity index (χ0v) is 11.5. The molecule has 0 spiro atoms. The Morgan fingerprint density at radius 1 is 1.35 bits per heavy atom. The highest BCUT2D eigenvalue weighted by Crippen LogP contribution is 2.27. The number of nitrogens with zero attached hydrogens (tertiary/aromatic N) is 1. The second-order valence-corrected chi connectivity index (χ2v) is 5.04. The molecule has 4 nitrogen and oxygen atoms in total. The van der Waals surface area contributed by atoms with E-state index in [2.05, 4.69) is 10.2 Å². The minimum Gasteiger partial charge on any atom is -0.369 e. The normalized spacial score (nSPS) is 27.8. The van der Waals surface area contributed by atoms with Gasteiger partial charge in [0.2, 0.25) is 5.91 Å². The largest absolute Gasteiger partial charge is 0.369 e. The first kappa shape index (κ1) is 14.7. The molecule has 5 heteroatoms. The molecule has 1 N–H and O–H groups in total. The third kappa shape index (κ3) is 3.57. The first-order valence-corrected chi connectivity index (χ1v) is 6.32. The summed E-state index contributed by atoms with van der Waals surface area (Å²) in [5, 5.41) is 3.39. The van der Waals surface area contributed by atoms with Gasteiger partial charge in [0.05, 0.1) is 6.10 Å². The molecule has 2 rings (SSSR count). The first-order valence-electron chi connectivity index (χ1n) is 6.32. The van der Waals surface area contributed by atoms with E-state index in [1.54, 1.807) is 0 Å². The summed E-state index contributed by atoms with van der Waals surface area (Å²) >= 11 is 0. The van der Waals surface area contributed by atoms with Crippen molar-refractivity contribution in [1.29, 1.82) is 0 Å². The van der Waals surface area contributed by atoms with Crippen molar-refractivity contribution >= 4 is 18.3 Å². The van der Waals surface area contributed by atoms with Crippen LogP contribution >= 0.6 is 12.4 Å². The third-order valence-electron chi connectivity index (χ3n) is 3.48. The van der Waals surface area contributed by atoms with Crippen LogP contribution in [0.4, 0.5) is 0 Å². The van der Waals surface area contributed by atoms with E-state index in [4.69, 9.17) is 4.74 Å². The summed E-state index contributed by atoms with van der Waals surface area (Å²) in [6.07, 6.45) is 3.53. The van der Waals surface area contributed by atoms with Gasteiger partial charge in [-0.25, -0.2) is 0 Å². The third-order valence-corrected chi connectivity index (χ3v) is 3.48. The number of amides is 1. The Bertz CT molecular complexity index is 247. The van der Waals surface area contributed by atoms with Crippen molar-refractivity contribution in [2.24, 2.45) is 0 Å². The van der Waals surface area contributed by atoms with E-state index in [1.165, 1.54) is 6.42 Å². The summed E-state index contributed by atoms with van der Waals surface area (Å²) in [5.41, 5.74) is 0. The van der Waals surface area contributed by atoms with Gasteiger partial charge in [0, 0.05) is 18.6 Å². The zero-order chi connectivity index (χ0) is 11.5. The van der Waals surface area contributed by atoms with Crippen molar-refractivity contribution < 1.29 is 9.53 Å². The molecule has 2 heterocycles. The first-order chi connectivity index (χ1) is 7.68. The fraction of sp³-hybridized carbons (Fsp3) is 0.917. The van der Waals surface area contributed by atoms with Crippen LogP contribution in [0, 0.1) is 0 Å². The predicted molar refractivity (Wildman–Crippen MR) is 69.5 cm³/mol. The van der Waals surface area contributed by atoms with Crippen LogP contribution in [0.15, 0.2) is 0 Å². The monoisotopic (exact) mass is 262 g/mol. The van der Waals surface area contributed by atoms with E-state index >= 15 is 0 Å². The average Bonchev–Trinajstić information content (AvgIpc) is 2.48. The fourth-order valence-electron chi connectivity index (χ4n) is 2.70. The molecular formula is C12H23ClN2O2. The van der Waals surface area contributed by atoms with Gasteiger partial charge < -0.3 is 15.0 Å². The molecule has 2 aliphatic heterocycles. The van der Waals surface area contributed by atoms with Gasteiger partial charge >= 0.3 is 0 Å². The molecule has 2 saturated heterocycles. The van der Waals surface area contributed by atoms with E-state index in [9.17, 15) is 4.79 Å². The lowest BCUT2D eigenvalue weighted by Gasteiger charge is -2.28. The minimum atomic E-state index is 0. The Morgan fingerprint density at radius 2 is 2.06 bits per heavy atom. The number of rotatable bonds is 3. The number of fused-ring (bicyclic) bond motifs is 2. The van der Waals surface area contributed by atoms with Crippen LogP contribution in [-0.4, -0.2) is 48.7 Å². The maximum atomic E-state index is 12.1. The Labute approximate surface area is 109 Å². The minimum absolute atomic E-state index is 0. The Morgan fingerprint density at radius 3 is 2.76 bits per heavy atom. The van der Waals surface area contributed by atoms with E-state index in [0.29, 0.717) is 12.1 Å². The molecule has 2 unspecified atom stereocenters. The standard InChI is InChI=1S/C12H22N2O2.ClH/c1-9(2)16-8-12(15)14-10-3-4-11(14)7-13-6-5-10;/h9-11,13H,3-8H2,1-2H3;1H. The lowest BCUT2D eigenvalue weighted by Crippen LogP contribution is -2.44. The van der Waals surface area contributed by atoms with Gasteiger partial charge in [0.1, 0.15) is 6.61 Å². The number of carbonyl (C=O) groups excluding carboxylic acids is 1. The van der Waals surface area contributed by atoms with Gasteiger partial charge in [0.25, 0.3) is 0 Å². The van der Waals surface area contributed by atoms with E-state index in [0.717, 1.165) is 25.9 Å². The predicted octanol–water partition coefficient (Wildman–Crippen LogP) is 1.19. The SMILES string of the molecule is CC(C)OCC(=O)N1C2CCNCC1CC2.Cl. The molecular weight excluding hydrogens is 240 g/mol. The molecule has 1 amide bonds. The number of hydrogen-bond donors (Lipinski definition) is 1. The fourth-order valence-corrected chi connectivity index (χ4v) is 2.70. The van der Waals surface area contributed by atoms with Gasteiger partial charge in [0.15, 0.2) is 0 Å². The van der Waals surface area contributed by atoms with Crippen molar-refractivity contribution in [1.82, 2.24) is 10.2 Å². The second-order valence-electron chi connectivity index (χ2n) is 5.04. The number of carbonyl (C=O) groups is 1. The molecule has 0 aliphatic carbocycles. The number of ether oxygens (including phenoxy) is 1. The molecule has 0 aromatic rings. The summed E-state index contributed by atoms with van der Waals surface area (Å²) in [5.74, 6) is 0.171. The summed E-state index contributed by atoms with van der Waals surface area (Å²) in [4.78, 5) is 14.2. The van der Waals surface area contributed by atoms with Crippen LogP contribution in [0.2, 0.25) is 0 Å². The van der Waals surface area contributed by atoms with Gasteiger partial charge in [-0.2, -0.15) is 0 Å². The number of hydrogen-bond acceptors (Lipinski definition) is 3. The maximum absolute atomic E-state index is 12.1. The van der Waals surface area contributed by atoms with Crippen molar-refractivity contribution in [2.45, 2.75) is 51.3 Å². The highest BCUT2D eigenvalue weighted by molar-refractivity contribution is 5.85.